The predicted octanol–water partition coefficient (Wildman–Crippen LogP) is 3.26. The number of piperidine rings is 1. The van der Waals surface area contributed by atoms with Crippen molar-refractivity contribution < 1.29 is 13.2 Å². The normalized spacial score (nSPS) is 21.2. The van der Waals surface area contributed by atoms with Crippen LogP contribution >= 0.6 is 0 Å². The second-order valence-corrected chi connectivity index (χ2v) is 11.2. The van der Waals surface area contributed by atoms with Crippen molar-refractivity contribution in [3.63, 3.8) is 0 Å². The van der Waals surface area contributed by atoms with Gasteiger partial charge in [0.05, 0.1) is 27.3 Å². The van der Waals surface area contributed by atoms with Crippen molar-refractivity contribution in [1.29, 1.82) is 0 Å². The van der Waals surface area contributed by atoms with Crippen LogP contribution in [0.15, 0.2) is 83.4 Å². The Labute approximate surface area is 208 Å². The molecule has 1 aliphatic carbocycles. The molecule has 4 aromatic rings. The van der Waals surface area contributed by atoms with E-state index in [4.69, 9.17) is 10.8 Å². The van der Waals surface area contributed by atoms with E-state index in [2.05, 4.69) is 16.5 Å². The number of benzene rings is 2. The van der Waals surface area contributed by atoms with Crippen molar-refractivity contribution in [2.45, 2.75) is 34.7 Å². The van der Waals surface area contributed by atoms with Crippen molar-refractivity contribution in [2.24, 2.45) is 5.92 Å². The average Bonchev–Trinajstić information content (AvgIpc) is 3.62. The Hall–Kier alpha value is -4.05. The number of rotatable bonds is 5. The number of anilines is 1. The van der Waals surface area contributed by atoms with Gasteiger partial charge in [0.2, 0.25) is 15.7 Å². The molecule has 1 aliphatic heterocycles. The number of hydrogen-bond acceptors (Lipinski definition) is 7. The maximum absolute atomic E-state index is 13.0. The van der Waals surface area contributed by atoms with Gasteiger partial charge in [0.1, 0.15) is 17.8 Å². The molecule has 3 unspecified atom stereocenters. The summed E-state index contributed by atoms with van der Waals surface area (Å²) >= 11 is 0. The third kappa shape index (κ3) is 3.40. The first kappa shape index (κ1) is 22.4. The highest BCUT2D eigenvalue weighted by Crippen LogP contribution is 2.46. The number of nitrogens with zero attached hydrogens (tertiary/aromatic N) is 5. The lowest BCUT2D eigenvalue weighted by Gasteiger charge is -2.32. The molecule has 1 saturated carbocycles. The number of nitrogen functional groups attached to an aromatic ring is 1. The lowest BCUT2D eigenvalue weighted by Crippen LogP contribution is -2.42. The maximum Gasteiger partial charge on any atom is 0.246 e. The lowest BCUT2D eigenvalue weighted by atomic mass is 10.1. The molecule has 1 saturated heterocycles. The number of carbonyl (C=O) groups excluding carboxylic acids is 1. The quantitative estimate of drug-likeness (QED) is 0.417. The summed E-state index contributed by atoms with van der Waals surface area (Å²) in [7, 11) is -3.64. The zero-order valence-electron chi connectivity index (χ0n) is 19.4. The van der Waals surface area contributed by atoms with E-state index in [0.717, 1.165) is 19.4 Å². The molecule has 36 heavy (non-hydrogen) atoms. The van der Waals surface area contributed by atoms with E-state index in [1.54, 1.807) is 54.6 Å². The van der Waals surface area contributed by atoms with E-state index in [-0.39, 0.29) is 27.8 Å². The Morgan fingerprint density at radius 2 is 1.69 bits per heavy atom. The second kappa shape index (κ2) is 8.27. The van der Waals surface area contributed by atoms with E-state index in [0.29, 0.717) is 34.0 Å². The fraction of sp³-hybridized carbons (Fsp3) is 0.231. The van der Waals surface area contributed by atoms with Crippen LogP contribution in [-0.2, 0) is 14.6 Å². The molecule has 2 fully saturated rings. The van der Waals surface area contributed by atoms with Crippen LogP contribution in [0, 0.1) is 5.92 Å². The first-order valence-electron chi connectivity index (χ1n) is 11.7. The van der Waals surface area contributed by atoms with Gasteiger partial charge < -0.3 is 10.6 Å². The molecule has 2 bridgehead atoms. The predicted molar refractivity (Wildman–Crippen MR) is 135 cm³/mol. The van der Waals surface area contributed by atoms with Gasteiger partial charge in [-0.25, -0.2) is 23.1 Å². The lowest BCUT2D eigenvalue weighted by molar-refractivity contribution is -0.128. The molecular formula is C26H24N6O3S. The Morgan fingerprint density at radius 1 is 1.00 bits per heavy atom. The van der Waals surface area contributed by atoms with Crippen molar-refractivity contribution in [3.8, 4) is 11.3 Å². The van der Waals surface area contributed by atoms with E-state index in [1.165, 1.54) is 12.4 Å². The number of nitrogens with two attached hydrogens (primary N) is 1. The molecule has 3 atom stereocenters. The standard InChI is InChI=1S/C26H24N6O3S/c1-2-22(33)31-14-16-12-20(31)21(13-16)32-26-23(25(27)28-15-29-26)24(30-32)17-8-10-19(11-9-17)36(34,35)18-6-4-3-5-7-18/h2-11,15-16,20-21H,1,12-14H2,(H2,27,28,29). The molecular weight excluding hydrogens is 476 g/mol. The van der Waals surface area contributed by atoms with Crippen LogP contribution in [0.3, 0.4) is 0 Å². The van der Waals surface area contributed by atoms with Gasteiger partial charge in [-0.15, -0.1) is 0 Å². The smallest absolute Gasteiger partial charge is 0.246 e. The second-order valence-electron chi connectivity index (χ2n) is 9.26. The van der Waals surface area contributed by atoms with Crippen LogP contribution in [-0.4, -0.2) is 51.6 Å². The largest absolute Gasteiger partial charge is 0.383 e. The van der Waals surface area contributed by atoms with Gasteiger partial charge in [-0.05, 0) is 49.1 Å². The van der Waals surface area contributed by atoms with Crippen molar-refractivity contribution >= 4 is 32.6 Å². The van der Waals surface area contributed by atoms with Gasteiger partial charge in [0.15, 0.2) is 5.65 Å². The number of aromatic nitrogens is 4. The fourth-order valence-electron chi connectivity index (χ4n) is 5.58. The van der Waals surface area contributed by atoms with Gasteiger partial charge in [0.25, 0.3) is 0 Å². The van der Waals surface area contributed by atoms with E-state index >= 15 is 0 Å². The molecule has 6 rings (SSSR count). The number of carbonyl (C=O) groups is 1. The monoisotopic (exact) mass is 500 g/mol. The van der Waals surface area contributed by atoms with Crippen LogP contribution in [0.4, 0.5) is 5.82 Å². The zero-order valence-corrected chi connectivity index (χ0v) is 20.2. The van der Waals surface area contributed by atoms with Gasteiger partial charge in [0, 0.05) is 12.1 Å². The van der Waals surface area contributed by atoms with Gasteiger partial charge in [-0.1, -0.05) is 36.9 Å². The molecule has 3 heterocycles. The number of fused-ring (bicyclic) bond motifs is 3. The van der Waals surface area contributed by atoms with Crippen LogP contribution in [0.1, 0.15) is 18.9 Å². The SMILES string of the molecule is C=CC(=O)N1CC2CC1C(n1nc(-c3ccc(S(=O)(=O)c4ccccc4)cc3)c3c(N)ncnc31)C2. The molecule has 2 aliphatic rings. The molecule has 2 aromatic heterocycles. The third-order valence-corrected chi connectivity index (χ3v) is 9.02. The third-order valence-electron chi connectivity index (χ3n) is 7.23. The Kier molecular flexibility index (Phi) is 5.15. The summed E-state index contributed by atoms with van der Waals surface area (Å²) in [6.45, 7) is 4.37. The minimum atomic E-state index is -3.64. The highest BCUT2D eigenvalue weighted by Gasteiger charge is 2.48. The first-order chi connectivity index (χ1) is 17.4. The highest BCUT2D eigenvalue weighted by molar-refractivity contribution is 7.91. The zero-order chi connectivity index (χ0) is 25.0. The molecule has 2 N–H and O–H groups in total. The van der Waals surface area contributed by atoms with Crippen molar-refractivity contribution in [1.82, 2.24) is 24.6 Å². The van der Waals surface area contributed by atoms with Crippen molar-refractivity contribution in [2.75, 3.05) is 12.3 Å². The number of sulfone groups is 1. The summed E-state index contributed by atoms with van der Waals surface area (Å²) in [6.07, 6.45) is 4.57. The molecule has 9 nitrogen and oxygen atoms in total. The van der Waals surface area contributed by atoms with E-state index in [1.807, 2.05) is 9.58 Å². The van der Waals surface area contributed by atoms with Crippen LogP contribution in [0.25, 0.3) is 22.3 Å². The summed E-state index contributed by atoms with van der Waals surface area (Å²) in [5.74, 6) is 0.617. The molecule has 0 spiro atoms. The summed E-state index contributed by atoms with van der Waals surface area (Å²) in [6, 6.07) is 14.9. The minimum Gasteiger partial charge on any atom is -0.383 e. The molecule has 10 heteroatoms. The van der Waals surface area contributed by atoms with Crippen molar-refractivity contribution in [3.05, 3.63) is 73.6 Å². The topological polar surface area (TPSA) is 124 Å². The Bertz CT molecular complexity index is 1600. The first-order valence-corrected chi connectivity index (χ1v) is 13.2. The molecule has 1 amide bonds. The minimum absolute atomic E-state index is 0.00558. The molecule has 2 aromatic carbocycles. The van der Waals surface area contributed by atoms with Gasteiger partial charge in [-0.2, -0.15) is 5.10 Å². The van der Waals surface area contributed by atoms with Crippen LogP contribution in [0.2, 0.25) is 0 Å². The van der Waals surface area contributed by atoms with Crippen LogP contribution < -0.4 is 5.73 Å². The highest BCUT2D eigenvalue weighted by atomic mass is 32.2. The van der Waals surface area contributed by atoms with E-state index in [9.17, 15) is 13.2 Å². The molecule has 0 radical (unpaired) electrons. The average molecular weight is 501 g/mol. The van der Waals surface area contributed by atoms with Crippen LogP contribution in [0.5, 0.6) is 0 Å². The number of likely N-dealkylation sites (tertiary alicyclic amines) is 1. The Balaban J connectivity index is 1.42. The maximum atomic E-state index is 13.0. The fourth-order valence-corrected chi connectivity index (χ4v) is 6.86. The number of amides is 1. The number of hydrogen-bond donors (Lipinski definition) is 1. The van der Waals surface area contributed by atoms with Gasteiger partial charge >= 0.3 is 0 Å². The summed E-state index contributed by atoms with van der Waals surface area (Å²) in [4.78, 5) is 23.4. The molecule has 182 valence electrons. The summed E-state index contributed by atoms with van der Waals surface area (Å²) in [5.41, 5.74) is 8.16. The summed E-state index contributed by atoms with van der Waals surface area (Å²) in [5, 5.41) is 5.52. The van der Waals surface area contributed by atoms with E-state index < -0.39 is 9.84 Å². The van der Waals surface area contributed by atoms with Gasteiger partial charge in [-0.3, -0.25) is 4.79 Å². The summed E-state index contributed by atoms with van der Waals surface area (Å²) < 4.78 is 27.9. The Morgan fingerprint density at radius 3 is 2.39 bits per heavy atom.